The zero-order valence-corrected chi connectivity index (χ0v) is 24.5. The van der Waals surface area contributed by atoms with Crippen molar-refractivity contribution in [3.8, 4) is 0 Å². The predicted molar refractivity (Wildman–Crippen MR) is 161 cm³/mol. The molecule has 3 heterocycles. The van der Waals surface area contributed by atoms with Gasteiger partial charge in [-0.2, -0.15) is 5.10 Å². The predicted octanol–water partition coefficient (Wildman–Crippen LogP) is 3.57. The molecule has 3 aliphatic rings. The zero-order valence-electron chi connectivity index (χ0n) is 23.7. The van der Waals surface area contributed by atoms with Crippen molar-refractivity contribution in [2.75, 3.05) is 20.1 Å². The molecule has 2 aromatic heterocycles. The number of hydrogen-bond donors (Lipinski definition) is 2. The van der Waals surface area contributed by atoms with Crippen LogP contribution in [0.25, 0.3) is 11.2 Å². The van der Waals surface area contributed by atoms with Crippen molar-refractivity contribution in [2.24, 2.45) is 5.92 Å². The quantitative estimate of drug-likeness (QED) is 0.444. The Bertz CT molecular complexity index is 1520. The first kappa shape index (κ1) is 29.2. The van der Waals surface area contributed by atoms with Crippen molar-refractivity contribution >= 4 is 29.5 Å². The van der Waals surface area contributed by atoms with E-state index in [1.165, 1.54) is 16.5 Å². The Kier molecular flexibility index (Phi) is 8.50. The minimum atomic E-state index is -1.08. The second-order valence-corrected chi connectivity index (χ2v) is 11.8. The third-order valence-corrected chi connectivity index (χ3v) is 9.14. The molecule has 9 nitrogen and oxygen atoms in total. The lowest BCUT2D eigenvalue weighted by Gasteiger charge is -2.38. The lowest BCUT2D eigenvalue weighted by Crippen LogP contribution is -2.50. The Morgan fingerprint density at radius 1 is 1.17 bits per heavy atom. The summed E-state index contributed by atoms with van der Waals surface area (Å²) in [5.41, 5.74) is 3.53. The molecule has 41 heavy (non-hydrogen) atoms. The summed E-state index contributed by atoms with van der Waals surface area (Å²) in [6.45, 7) is 3.13. The molecule has 10 heteroatoms. The second kappa shape index (κ2) is 11.9. The number of fused-ring (bicyclic) bond motifs is 2. The largest absolute Gasteiger partial charge is 0.388 e. The van der Waals surface area contributed by atoms with Crippen LogP contribution < -0.4 is 10.9 Å². The van der Waals surface area contributed by atoms with E-state index in [9.17, 15) is 14.7 Å². The van der Waals surface area contributed by atoms with Gasteiger partial charge in [0.25, 0.3) is 5.56 Å². The average Bonchev–Trinajstić information content (AvgIpc) is 3.59. The molecule has 3 aromatic rings. The molecule has 1 saturated carbocycles. The molecular weight excluding hydrogens is 540 g/mol. The molecule has 1 saturated heterocycles. The summed E-state index contributed by atoms with van der Waals surface area (Å²) in [6, 6.07) is 10.6. The van der Waals surface area contributed by atoms with Crippen molar-refractivity contribution in [1.82, 2.24) is 29.4 Å². The third kappa shape index (κ3) is 5.89. The number of amides is 1. The maximum Gasteiger partial charge on any atom is 0.296 e. The van der Waals surface area contributed by atoms with Gasteiger partial charge in [0.1, 0.15) is 6.33 Å². The highest BCUT2D eigenvalue weighted by Crippen LogP contribution is 2.41. The van der Waals surface area contributed by atoms with Crippen LogP contribution in [0.4, 0.5) is 0 Å². The Balaban J connectivity index is 0.00000337. The minimum absolute atomic E-state index is 0. The summed E-state index contributed by atoms with van der Waals surface area (Å²) in [5, 5.41) is 19.3. The van der Waals surface area contributed by atoms with Gasteiger partial charge in [-0.25, -0.2) is 9.50 Å². The molecule has 0 spiro atoms. The van der Waals surface area contributed by atoms with E-state index in [1.807, 2.05) is 42.3 Å². The number of hydrogen-bond acceptors (Lipinski definition) is 6. The maximum absolute atomic E-state index is 13.4. The van der Waals surface area contributed by atoms with Crippen molar-refractivity contribution in [3.63, 3.8) is 0 Å². The number of halogens is 1. The molecule has 2 unspecified atom stereocenters. The number of likely N-dealkylation sites (tertiary alicyclic amines) is 1. The number of imidazole rings is 1. The Morgan fingerprint density at radius 2 is 1.93 bits per heavy atom. The van der Waals surface area contributed by atoms with Crippen molar-refractivity contribution < 1.29 is 9.90 Å². The summed E-state index contributed by atoms with van der Waals surface area (Å²) < 4.78 is 3.09. The highest BCUT2D eigenvalue weighted by Gasteiger charge is 2.35. The summed E-state index contributed by atoms with van der Waals surface area (Å²) in [5.74, 6) is 0.745. The number of rotatable bonds is 7. The standard InChI is InChI=1S/C31H38N6O3.ClH/c1-21(22-6-4-3-5-7-22)14-28(38)35-12-10-31(40,11-13-35)19-36-20-34-37-27(18-33-29(37)30(36)39)24-9-8-23-16-26(32-2)17-25(23)15-24;/h3-9,18,20-21,25-26,32,40H,10-17,19H2,1-2H3;1H/t21-,25?,26?;/m1./s1. The molecule has 0 radical (unpaired) electrons. The van der Waals surface area contributed by atoms with E-state index >= 15 is 0 Å². The van der Waals surface area contributed by atoms with Gasteiger partial charge >= 0.3 is 0 Å². The van der Waals surface area contributed by atoms with Crippen LogP contribution in [0.2, 0.25) is 0 Å². The first-order valence-corrected chi connectivity index (χ1v) is 14.4. The van der Waals surface area contributed by atoms with Crippen LogP contribution in [0, 0.1) is 5.92 Å². The van der Waals surface area contributed by atoms with E-state index in [-0.39, 0.29) is 42.0 Å². The average molecular weight is 579 g/mol. The van der Waals surface area contributed by atoms with E-state index < -0.39 is 5.60 Å². The number of carbonyl (C=O) groups is 1. The Hall–Kier alpha value is -3.27. The lowest BCUT2D eigenvalue weighted by molar-refractivity contribution is -0.136. The van der Waals surface area contributed by atoms with Crippen LogP contribution in [-0.2, 0) is 11.3 Å². The third-order valence-electron chi connectivity index (χ3n) is 9.14. The summed E-state index contributed by atoms with van der Waals surface area (Å²) in [7, 11) is 2.02. The van der Waals surface area contributed by atoms with Gasteiger partial charge in [-0.3, -0.25) is 14.2 Å². The highest BCUT2D eigenvalue weighted by molar-refractivity contribution is 5.85. The monoisotopic (exact) mass is 578 g/mol. The van der Waals surface area contributed by atoms with Gasteiger partial charge in [-0.15, -0.1) is 12.4 Å². The van der Waals surface area contributed by atoms with Crippen LogP contribution >= 0.6 is 12.4 Å². The van der Waals surface area contributed by atoms with E-state index in [1.54, 1.807) is 10.7 Å². The van der Waals surface area contributed by atoms with Gasteiger partial charge in [0.2, 0.25) is 11.6 Å². The van der Waals surface area contributed by atoms with Gasteiger partial charge < -0.3 is 15.3 Å². The van der Waals surface area contributed by atoms with E-state index in [0.29, 0.717) is 44.3 Å². The molecule has 2 N–H and O–H groups in total. The summed E-state index contributed by atoms with van der Waals surface area (Å²) in [6.07, 6.45) is 12.0. The number of carbonyl (C=O) groups excluding carboxylic acids is 1. The molecule has 1 amide bonds. The molecule has 1 aromatic carbocycles. The fourth-order valence-electron chi connectivity index (χ4n) is 6.57. The number of nitrogens with zero attached hydrogens (tertiary/aromatic N) is 5. The van der Waals surface area contributed by atoms with Crippen molar-refractivity contribution in [3.05, 3.63) is 82.2 Å². The van der Waals surface area contributed by atoms with Gasteiger partial charge in [0.15, 0.2) is 0 Å². The van der Waals surface area contributed by atoms with Gasteiger partial charge in [0.05, 0.1) is 24.0 Å². The van der Waals surface area contributed by atoms with Gasteiger partial charge in [0, 0.05) is 25.6 Å². The molecule has 0 bridgehead atoms. The molecule has 2 aliphatic carbocycles. The number of aromatic nitrogens is 4. The first-order valence-electron chi connectivity index (χ1n) is 14.4. The molecular formula is C31H39ClN6O3. The molecule has 218 valence electrons. The van der Waals surface area contributed by atoms with E-state index in [0.717, 1.165) is 36.1 Å². The molecule has 3 atom stereocenters. The SMILES string of the molecule is CNC1CC2=CC=C(c3cnc4c(=O)n(CC5(O)CCN(C(=O)C[C@@H](C)c6ccccc6)CC5)cnn34)CC2C1.Cl. The first-order chi connectivity index (χ1) is 19.3. The van der Waals surface area contributed by atoms with Crippen molar-refractivity contribution in [2.45, 2.75) is 69.6 Å². The highest BCUT2D eigenvalue weighted by atomic mass is 35.5. The fourth-order valence-corrected chi connectivity index (χ4v) is 6.57. The number of allylic oxidation sites excluding steroid dienone is 3. The Labute approximate surface area is 246 Å². The van der Waals surface area contributed by atoms with Gasteiger partial charge in [-0.05, 0) is 62.1 Å². The molecule has 2 fully saturated rings. The zero-order chi connectivity index (χ0) is 27.9. The second-order valence-electron chi connectivity index (χ2n) is 11.8. The Morgan fingerprint density at radius 3 is 2.66 bits per heavy atom. The number of nitrogens with one attached hydrogen (secondary N) is 1. The van der Waals surface area contributed by atoms with Crippen LogP contribution in [0.1, 0.15) is 62.6 Å². The number of benzene rings is 1. The number of aliphatic hydroxyl groups is 1. The maximum atomic E-state index is 13.4. The van der Waals surface area contributed by atoms with Gasteiger partial charge in [-0.1, -0.05) is 55.0 Å². The smallest absolute Gasteiger partial charge is 0.296 e. The van der Waals surface area contributed by atoms with Crippen LogP contribution in [-0.4, -0.2) is 66.9 Å². The number of piperidine rings is 1. The van der Waals surface area contributed by atoms with E-state index in [2.05, 4.69) is 34.5 Å². The lowest BCUT2D eigenvalue weighted by atomic mass is 9.88. The molecule has 6 rings (SSSR count). The molecule has 1 aliphatic heterocycles. The van der Waals surface area contributed by atoms with E-state index in [4.69, 9.17) is 0 Å². The summed E-state index contributed by atoms with van der Waals surface area (Å²) in [4.78, 5) is 32.6. The topological polar surface area (TPSA) is 105 Å². The minimum Gasteiger partial charge on any atom is -0.388 e. The fraction of sp³-hybridized carbons (Fsp3) is 0.484. The summed E-state index contributed by atoms with van der Waals surface area (Å²) >= 11 is 0. The van der Waals surface area contributed by atoms with Crippen LogP contribution in [0.5, 0.6) is 0 Å². The van der Waals surface area contributed by atoms with Crippen LogP contribution in [0.3, 0.4) is 0 Å². The van der Waals surface area contributed by atoms with Crippen molar-refractivity contribution in [1.29, 1.82) is 0 Å². The van der Waals surface area contributed by atoms with Crippen LogP contribution in [0.15, 0.2) is 65.4 Å². The normalized spacial score (nSPS) is 22.5.